The molecular formula is C12H17NO2. The van der Waals surface area contributed by atoms with Gasteiger partial charge in [0.2, 0.25) is 5.91 Å². The van der Waals surface area contributed by atoms with Crippen LogP contribution in [0, 0.1) is 11.8 Å². The number of hydrogen-bond donors (Lipinski definition) is 0. The lowest BCUT2D eigenvalue weighted by Gasteiger charge is -2.14. The topological polar surface area (TPSA) is 29.5 Å². The van der Waals surface area contributed by atoms with Gasteiger partial charge in [-0.3, -0.25) is 4.79 Å². The van der Waals surface area contributed by atoms with Crippen molar-refractivity contribution in [2.45, 2.75) is 25.7 Å². The molecule has 1 heterocycles. The number of rotatable bonds is 3. The van der Waals surface area contributed by atoms with Crippen molar-refractivity contribution < 1.29 is 9.53 Å². The molecule has 0 N–H and O–H groups in total. The first-order chi connectivity index (χ1) is 7.34. The molecule has 0 aromatic rings. The van der Waals surface area contributed by atoms with Gasteiger partial charge in [-0.15, -0.1) is 0 Å². The molecule has 1 aliphatic heterocycles. The van der Waals surface area contributed by atoms with Crippen LogP contribution in [-0.2, 0) is 9.53 Å². The van der Waals surface area contributed by atoms with Crippen LogP contribution in [0.3, 0.4) is 0 Å². The number of ether oxygens (including phenoxy) is 1. The molecule has 0 radical (unpaired) electrons. The number of nitrogens with zero attached hydrogens (tertiary/aromatic N) is 1. The van der Waals surface area contributed by atoms with E-state index in [1.807, 2.05) is 12.3 Å². The molecule has 3 nitrogen and oxygen atoms in total. The van der Waals surface area contributed by atoms with Crippen molar-refractivity contribution >= 4 is 5.91 Å². The second kappa shape index (κ2) is 7.08. The quantitative estimate of drug-likeness (QED) is 0.657. The van der Waals surface area contributed by atoms with Crippen LogP contribution in [0.15, 0.2) is 12.3 Å². The summed E-state index contributed by atoms with van der Waals surface area (Å²) in [5.41, 5.74) is 0. The average molecular weight is 207 g/mol. The third-order valence-electron chi connectivity index (χ3n) is 2.19. The molecule has 0 aromatic heterocycles. The Labute approximate surface area is 91.1 Å². The predicted octanol–water partition coefficient (Wildman–Crippen LogP) is 1.55. The van der Waals surface area contributed by atoms with Crippen LogP contribution in [0.5, 0.6) is 0 Å². The first-order valence-electron chi connectivity index (χ1n) is 5.25. The summed E-state index contributed by atoms with van der Waals surface area (Å²) in [6.45, 7) is 1.15. The van der Waals surface area contributed by atoms with Crippen LogP contribution in [0.4, 0.5) is 0 Å². The molecule has 3 heteroatoms. The standard InChI is InChI=1S/C12H17NO2/c1-15-11-7-3-6-10-13-9-5-2-4-8-12(13)14/h5,9H,2,4,6,8,10-11H2,1H3. The lowest BCUT2D eigenvalue weighted by atomic mass is 10.2. The fraction of sp³-hybridized carbons (Fsp3) is 0.583. The minimum absolute atomic E-state index is 0.206. The molecule has 0 spiro atoms. The summed E-state index contributed by atoms with van der Waals surface area (Å²) in [6.07, 6.45) is 7.25. The zero-order valence-corrected chi connectivity index (χ0v) is 9.16. The summed E-state index contributed by atoms with van der Waals surface area (Å²) in [5, 5.41) is 0. The SMILES string of the molecule is COCC#CCCN1C=CCCCC1=O. The lowest BCUT2D eigenvalue weighted by Crippen LogP contribution is -2.25. The Morgan fingerprint density at radius 2 is 2.40 bits per heavy atom. The van der Waals surface area contributed by atoms with Crippen LogP contribution >= 0.6 is 0 Å². The Balaban J connectivity index is 2.30. The van der Waals surface area contributed by atoms with E-state index in [-0.39, 0.29) is 5.91 Å². The summed E-state index contributed by atoms with van der Waals surface area (Å²) >= 11 is 0. The van der Waals surface area contributed by atoms with Gasteiger partial charge >= 0.3 is 0 Å². The molecule has 0 fully saturated rings. The van der Waals surface area contributed by atoms with Crippen LogP contribution < -0.4 is 0 Å². The van der Waals surface area contributed by atoms with Crippen LogP contribution in [0.1, 0.15) is 25.7 Å². The number of amides is 1. The summed E-state index contributed by atoms with van der Waals surface area (Å²) < 4.78 is 4.81. The van der Waals surface area contributed by atoms with E-state index >= 15 is 0 Å². The number of carbonyl (C=O) groups excluding carboxylic acids is 1. The minimum atomic E-state index is 0.206. The van der Waals surface area contributed by atoms with Crippen molar-refractivity contribution in [2.24, 2.45) is 0 Å². The molecular weight excluding hydrogens is 190 g/mol. The zero-order valence-electron chi connectivity index (χ0n) is 9.16. The van der Waals surface area contributed by atoms with Crippen molar-refractivity contribution in [3.63, 3.8) is 0 Å². The van der Waals surface area contributed by atoms with Gasteiger partial charge in [0.05, 0.1) is 0 Å². The molecule has 1 aliphatic rings. The summed E-state index contributed by atoms with van der Waals surface area (Å²) in [4.78, 5) is 13.3. The number of hydrogen-bond acceptors (Lipinski definition) is 2. The molecule has 0 unspecified atom stereocenters. The van der Waals surface area contributed by atoms with Gasteiger partial charge in [0.15, 0.2) is 0 Å². The van der Waals surface area contributed by atoms with Gasteiger partial charge in [-0.1, -0.05) is 17.9 Å². The maximum absolute atomic E-state index is 11.5. The molecule has 0 aromatic carbocycles. The van der Waals surface area contributed by atoms with Gasteiger partial charge in [0, 0.05) is 32.7 Å². The number of carbonyl (C=O) groups is 1. The van der Waals surface area contributed by atoms with Gasteiger partial charge in [0.1, 0.15) is 6.61 Å². The van der Waals surface area contributed by atoms with Gasteiger partial charge in [-0.2, -0.15) is 0 Å². The maximum Gasteiger partial charge on any atom is 0.226 e. The fourth-order valence-corrected chi connectivity index (χ4v) is 1.39. The van der Waals surface area contributed by atoms with Crippen molar-refractivity contribution in [3.8, 4) is 11.8 Å². The highest BCUT2D eigenvalue weighted by molar-refractivity contribution is 5.77. The molecule has 0 aliphatic carbocycles. The lowest BCUT2D eigenvalue weighted by molar-refractivity contribution is -0.128. The minimum Gasteiger partial charge on any atom is -0.372 e. The highest BCUT2D eigenvalue weighted by atomic mass is 16.5. The van der Waals surface area contributed by atoms with Crippen LogP contribution in [0.25, 0.3) is 0 Å². The highest BCUT2D eigenvalue weighted by Gasteiger charge is 2.11. The normalized spacial score (nSPS) is 15.8. The van der Waals surface area contributed by atoms with Crippen molar-refractivity contribution in [3.05, 3.63) is 12.3 Å². The van der Waals surface area contributed by atoms with Crippen molar-refractivity contribution in [1.82, 2.24) is 4.90 Å². The fourth-order valence-electron chi connectivity index (χ4n) is 1.39. The smallest absolute Gasteiger partial charge is 0.226 e. The molecule has 82 valence electrons. The van der Waals surface area contributed by atoms with Gasteiger partial charge < -0.3 is 9.64 Å². The molecule has 0 saturated heterocycles. The van der Waals surface area contributed by atoms with E-state index in [1.165, 1.54) is 0 Å². The maximum atomic E-state index is 11.5. The van der Waals surface area contributed by atoms with Crippen molar-refractivity contribution in [1.29, 1.82) is 0 Å². The first kappa shape index (κ1) is 11.8. The third-order valence-corrected chi connectivity index (χ3v) is 2.19. The molecule has 0 bridgehead atoms. The van der Waals surface area contributed by atoms with E-state index in [0.717, 1.165) is 12.8 Å². The average Bonchev–Trinajstić information content (AvgIpc) is 2.44. The monoisotopic (exact) mass is 207 g/mol. The van der Waals surface area contributed by atoms with E-state index in [0.29, 0.717) is 26.0 Å². The first-order valence-corrected chi connectivity index (χ1v) is 5.25. The Morgan fingerprint density at radius 3 is 3.20 bits per heavy atom. The van der Waals surface area contributed by atoms with E-state index < -0.39 is 0 Å². The van der Waals surface area contributed by atoms with E-state index in [9.17, 15) is 4.79 Å². The molecule has 15 heavy (non-hydrogen) atoms. The van der Waals surface area contributed by atoms with Crippen LogP contribution in [-0.4, -0.2) is 31.1 Å². The van der Waals surface area contributed by atoms with Gasteiger partial charge in [-0.05, 0) is 12.8 Å². The molecule has 0 saturated carbocycles. The van der Waals surface area contributed by atoms with E-state index in [4.69, 9.17) is 4.74 Å². The van der Waals surface area contributed by atoms with Gasteiger partial charge in [0.25, 0.3) is 0 Å². The Morgan fingerprint density at radius 1 is 1.53 bits per heavy atom. The second-order valence-electron chi connectivity index (χ2n) is 3.40. The van der Waals surface area contributed by atoms with Crippen LogP contribution in [0.2, 0.25) is 0 Å². The summed E-state index contributed by atoms with van der Waals surface area (Å²) in [6, 6.07) is 0. The zero-order chi connectivity index (χ0) is 10.9. The third kappa shape index (κ3) is 4.66. The number of allylic oxidation sites excluding steroid dienone is 1. The number of methoxy groups -OCH3 is 1. The van der Waals surface area contributed by atoms with E-state index in [2.05, 4.69) is 11.8 Å². The Hall–Kier alpha value is -1.27. The molecule has 1 rings (SSSR count). The van der Waals surface area contributed by atoms with E-state index in [1.54, 1.807) is 12.0 Å². The molecule has 1 amide bonds. The second-order valence-corrected chi connectivity index (χ2v) is 3.40. The largest absolute Gasteiger partial charge is 0.372 e. The van der Waals surface area contributed by atoms with Gasteiger partial charge in [-0.25, -0.2) is 0 Å². The van der Waals surface area contributed by atoms with Crippen molar-refractivity contribution in [2.75, 3.05) is 20.3 Å². The summed E-state index contributed by atoms with van der Waals surface area (Å²) in [5.74, 6) is 6.05. The predicted molar refractivity (Wildman–Crippen MR) is 59.0 cm³/mol. The highest BCUT2D eigenvalue weighted by Crippen LogP contribution is 2.08. The summed E-state index contributed by atoms with van der Waals surface area (Å²) in [7, 11) is 1.62. The molecule has 0 atom stereocenters. The Kier molecular flexibility index (Phi) is 5.57. The Bertz CT molecular complexity index is 286.